The molecule has 0 amide bonds. The lowest BCUT2D eigenvalue weighted by atomic mass is 10.2. The SMILES string of the molecule is Nc1cc(Cl)ccc1S(=O)Cc1cccc([N+](=O)[O-])c1Br. The van der Waals surface area contributed by atoms with Gasteiger partial charge in [0.2, 0.25) is 0 Å². The predicted octanol–water partition coefficient (Wildman–Crippen LogP) is 3.90. The molecule has 1 atom stereocenters. The van der Waals surface area contributed by atoms with Crippen LogP contribution >= 0.6 is 27.5 Å². The molecule has 0 radical (unpaired) electrons. The third-order valence-electron chi connectivity index (χ3n) is 2.76. The fraction of sp³-hybridized carbons (Fsp3) is 0.0769. The minimum absolute atomic E-state index is 0.0615. The summed E-state index contributed by atoms with van der Waals surface area (Å²) in [4.78, 5) is 10.8. The van der Waals surface area contributed by atoms with Gasteiger partial charge in [-0.1, -0.05) is 23.7 Å². The van der Waals surface area contributed by atoms with Crippen LogP contribution < -0.4 is 5.73 Å². The van der Waals surface area contributed by atoms with E-state index in [1.807, 2.05) is 0 Å². The van der Waals surface area contributed by atoms with Crippen molar-refractivity contribution in [1.82, 2.24) is 0 Å². The number of hydrogen-bond donors (Lipinski definition) is 1. The molecular formula is C13H10BrClN2O3S. The van der Waals surface area contributed by atoms with Crippen LogP contribution in [0.25, 0.3) is 0 Å². The van der Waals surface area contributed by atoms with Crippen LogP contribution in [0.5, 0.6) is 0 Å². The summed E-state index contributed by atoms with van der Waals surface area (Å²) in [6.07, 6.45) is 0. The number of nitrogen functional groups attached to an aromatic ring is 1. The molecule has 21 heavy (non-hydrogen) atoms. The highest BCUT2D eigenvalue weighted by atomic mass is 79.9. The Morgan fingerprint density at radius 1 is 1.33 bits per heavy atom. The van der Waals surface area contributed by atoms with E-state index in [-0.39, 0.29) is 11.4 Å². The van der Waals surface area contributed by atoms with Crippen LogP contribution in [0.2, 0.25) is 5.02 Å². The first-order valence-electron chi connectivity index (χ1n) is 5.75. The molecule has 2 aromatic carbocycles. The third kappa shape index (κ3) is 3.61. The van der Waals surface area contributed by atoms with Gasteiger partial charge in [-0.05, 0) is 39.7 Å². The summed E-state index contributed by atoms with van der Waals surface area (Å²) in [6, 6.07) is 9.35. The number of nitrogens with zero attached hydrogens (tertiary/aromatic N) is 1. The lowest BCUT2D eigenvalue weighted by molar-refractivity contribution is -0.385. The third-order valence-corrected chi connectivity index (χ3v) is 5.34. The number of rotatable bonds is 4. The van der Waals surface area contributed by atoms with Gasteiger partial charge < -0.3 is 5.73 Å². The second-order valence-corrected chi connectivity index (χ2v) is 6.83. The van der Waals surface area contributed by atoms with Crippen LogP contribution in [-0.4, -0.2) is 9.13 Å². The minimum atomic E-state index is -1.42. The van der Waals surface area contributed by atoms with Crippen molar-refractivity contribution < 1.29 is 9.13 Å². The molecule has 0 spiro atoms. The molecule has 0 aliphatic carbocycles. The maximum Gasteiger partial charge on any atom is 0.283 e. The molecule has 0 fully saturated rings. The summed E-state index contributed by atoms with van der Waals surface area (Å²) in [5.41, 5.74) is 6.65. The van der Waals surface area contributed by atoms with Gasteiger partial charge in [-0.25, -0.2) is 0 Å². The predicted molar refractivity (Wildman–Crippen MR) is 86.8 cm³/mol. The standard InChI is InChI=1S/C13H10BrClN2O3S/c14-13-8(2-1-3-11(13)17(18)19)7-21(20)12-5-4-9(15)6-10(12)16/h1-6H,7,16H2. The average Bonchev–Trinajstić information content (AvgIpc) is 2.40. The summed E-state index contributed by atoms with van der Waals surface area (Å²) < 4.78 is 12.7. The topological polar surface area (TPSA) is 86.2 Å². The maximum absolute atomic E-state index is 12.4. The number of nitrogens with two attached hydrogens (primary N) is 1. The summed E-state index contributed by atoms with van der Waals surface area (Å²) >= 11 is 8.99. The lowest BCUT2D eigenvalue weighted by Crippen LogP contribution is -2.02. The fourth-order valence-corrected chi connectivity index (χ4v) is 3.90. The van der Waals surface area contributed by atoms with Crippen molar-refractivity contribution in [3.63, 3.8) is 0 Å². The number of benzene rings is 2. The van der Waals surface area contributed by atoms with Crippen LogP contribution in [0, 0.1) is 10.1 Å². The van der Waals surface area contributed by atoms with Crippen molar-refractivity contribution in [3.05, 3.63) is 61.6 Å². The maximum atomic E-state index is 12.4. The van der Waals surface area contributed by atoms with Gasteiger partial charge in [-0.3, -0.25) is 14.3 Å². The number of hydrogen-bond acceptors (Lipinski definition) is 4. The summed E-state index contributed by atoms with van der Waals surface area (Å²) in [5.74, 6) is 0.119. The van der Waals surface area contributed by atoms with Crippen molar-refractivity contribution in [2.24, 2.45) is 0 Å². The molecular weight excluding hydrogens is 380 g/mol. The van der Waals surface area contributed by atoms with E-state index in [2.05, 4.69) is 15.9 Å². The normalized spacial score (nSPS) is 12.1. The van der Waals surface area contributed by atoms with E-state index >= 15 is 0 Å². The Morgan fingerprint density at radius 3 is 2.67 bits per heavy atom. The van der Waals surface area contributed by atoms with Crippen molar-refractivity contribution in [2.45, 2.75) is 10.6 Å². The molecule has 110 valence electrons. The summed E-state index contributed by atoms with van der Waals surface area (Å²) in [7, 11) is -1.42. The number of halogens is 2. The molecule has 2 aromatic rings. The molecule has 0 saturated carbocycles. The molecule has 0 saturated heterocycles. The Bertz CT molecular complexity index is 739. The van der Waals surface area contributed by atoms with Crippen molar-refractivity contribution in [3.8, 4) is 0 Å². The highest BCUT2D eigenvalue weighted by Crippen LogP contribution is 2.31. The van der Waals surface area contributed by atoms with E-state index < -0.39 is 15.7 Å². The Balaban J connectivity index is 2.32. The van der Waals surface area contributed by atoms with E-state index in [9.17, 15) is 14.3 Å². The Labute approximate surface area is 136 Å². The number of anilines is 1. The summed E-state index contributed by atoms with van der Waals surface area (Å²) in [6.45, 7) is 0. The first kappa shape index (κ1) is 15.9. The van der Waals surface area contributed by atoms with Crippen LogP contribution in [0.15, 0.2) is 45.8 Å². The number of nitro groups is 1. The molecule has 8 heteroatoms. The highest BCUT2D eigenvalue weighted by molar-refractivity contribution is 9.10. The van der Waals surface area contributed by atoms with Crippen LogP contribution in [0.4, 0.5) is 11.4 Å². The van der Waals surface area contributed by atoms with Crippen molar-refractivity contribution in [1.29, 1.82) is 0 Å². The highest BCUT2D eigenvalue weighted by Gasteiger charge is 2.17. The molecule has 2 N–H and O–H groups in total. The van der Waals surface area contributed by atoms with Crippen LogP contribution in [-0.2, 0) is 16.6 Å². The molecule has 0 aliphatic rings. The molecule has 1 unspecified atom stereocenters. The van der Waals surface area contributed by atoms with Gasteiger partial charge in [0, 0.05) is 16.8 Å². The van der Waals surface area contributed by atoms with Crippen molar-refractivity contribution in [2.75, 3.05) is 5.73 Å². The largest absolute Gasteiger partial charge is 0.398 e. The number of nitro benzene ring substituents is 1. The molecule has 0 aromatic heterocycles. The zero-order valence-electron chi connectivity index (χ0n) is 10.6. The van der Waals surface area contributed by atoms with E-state index in [4.69, 9.17) is 17.3 Å². The average molecular weight is 390 g/mol. The van der Waals surface area contributed by atoms with Gasteiger partial charge in [0.1, 0.15) is 0 Å². The van der Waals surface area contributed by atoms with Gasteiger partial charge in [0.15, 0.2) is 0 Å². The lowest BCUT2D eigenvalue weighted by Gasteiger charge is -2.08. The first-order chi connectivity index (χ1) is 9.90. The molecule has 0 aliphatic heterocycles. The second kappa shape index (κ2) is 6.55. The second-order valence-electron chi connectivity index (χ2n) is 4.18. The van der Waals surface area contributed by atoms with Crippen molar-refractivity contribution >= 4 is 49.7 Å². The minimum Gasteiger partial charge on any atom is -0.398 e. The molecule has 0 bridgehead atoms. The Kier molecular flexibility index (Phi) is 4.97. The van der Waals surface area contributed by atoms with Crippen LogP contribution in [0.3, 0.4) is 0 Å². The van der Waals surface area contributed by atoms with E-state index in [0.717, 1.165) is 0 Å². The van der Waals surface area contributed by atoms with Gasteiger partial charge in [-0.15, -0.1) is 0 Å². The summed E-state index contributed by atoms with van der Waals surface area (Å²) in [5, 5.41) is 11.3. The zero-order chi connectivity index (χ0) is 15.6. The monoisotopic (exact) mass is 388 g/mol. The Morgan fingerprint density at radius 2 is 2.05 bits per heavy atom. The Hall–Kier alpha value is -1.44. The smallest absolute Gasteiger partial charge is 0.283 e. The van der Waals surface area contributed by atoms with E-state index in [1.165, 1.54) is 12.1 Å². The zero-order valence-corrected chi connectivity index (χ0v) is 13.7. The van der Waals surface area contributed by atoms with Gasteiger partial charge in [-0.2, -0.15) is 0 Å². The van der Waals surface area contributed by atoms with Gasteiger partial charge >= 0.3 is 0 Å². The van der Waals surface area contributed by atoms with Gasteiger partial charge in [0.05, 0.1) is 30.8 Å². The molecule has 0 heterocycles. The first-order valence-corrected chi connectivity index (χ1v) is 8.24. The molecule has 2 rings (SSSR count). The van der Waals surface area contributed by atoms with Crippen LogP contribution in [0.1, 0.15) is 5.56 Å². The quantitative estimate of drug-likeness (QED) is 0.488. The van der Waals surface area contributed by atoms with Gasteiger partial charge in [0.25, 0.3) is 5.69 Å². The van der Waals surface area contributed by atoms with E-state index in [1.54, 1.807) is 24.3 Å². The van der Waals surface area contributed by atoms with E-state index in [0.29, 0.717) is 25.6 Å². The fourth-order valence-electron chi connectivity index (χ4n) is 1.76. The molecule has 5 nitrogen and oxygen atoms in total.